The molecule has 1 atom stereocenters. The molecule has 0 aliphatic heterocycles. The standard InChI is InChI=1S/C13H18N2O5/c1-4-20-13(16)9(2)14-8-10-5-11(15(17)18)7-12(6-10)19-3/h5-7,9,14H,4,8H2,1-3H3. The molecule has 0 aliphatic carbocycles. The van der Waals surface area contributed by atoms with Gasteiger partial charge in [-0.05, 0) is 25.5 Å². The minimum Gasteiger partial charge on any atom is -0.496 e. The van der Waals surface area contributed by atoms with Crippen LogP contribution in [0, 0.1) is 10.1 Å². The van der Waals surface area contributed by atoms with Gasteiger partial charge in [-0.25, -0.2) is 0 Å². The molecule has 7 heteroatoms. The second-order valence-electron chi connectivity index (χ2n) is 4.15. The third-order valence-corrected chi connectivity index (χ3v) is 2.65. The van der Waals surface area contributed by atoms with Crippen LogP contribution in [0.5, 0.6) is 5.75 Å². The zero-order valence-electron chi connectivity index (χ0n) is 11.7. The van der Waals surface area contributed by atoms with Crippen molar-refractivity contribution < 1.29 is 19.2 Å². The highest BCUT2D eigenvalue weighted by molar-refractivity contribution is 5.75. The van der Waals surface area contributed by atoms with Gasteiger partial charge in [0.15, 0.2) is 0 Å². The SMILES string of the molecule is CCOC(=O)C(C)NCc1cc(OC)cc([N+](=O)[O-])c1. The van der Waals surface area contributed by atoms with E-state index in [-0.39, 0.29) is 11.7 Å². The van der Waals surface area contributed by atoms with Gasteiger partial charge >= 0.3 is 5.97 Å². The van der Waals surface area contributed by atoms with E-state index in [4.69, 9.17) is 9.47 Å². The number of esters is 1. The van der Waals surface area contributed by atoms with Crippen LogP contribution in [0.25, 0.3) is 0 Å². The molecular formula is C13H18N2O5. The summed E-state index contributed by atoms with van der Waals surface area (Å²) in [4.78, 5) is 21.8. The van der Waals surface area contributed by atoms with Gasteiger partial charge in [-0.1, -0.05) is 0 Å². The first kappa shape index (κ1) is 15.9. The summed E-state index contributed by atoms with van der Waals surface area (Å²) in [7, 11) is 1.44. The highest BCUT2D eigenvalue weighted by atomic mass is 16.6. The largest absolute Gasteiger partial charge is 0.496 e. The zero-order chi connectivity index (χ0) is 15.1. The minimum atomic E-state index is -0.486. The van der Waals surface area contributed by atoms with Crippen LogP contribution in [-0.2, 0) is 16.1 Å². The predicted octanol–water partition coefficient (Wildman–Crippen LogP) is 1.64. The highest BCUT2D eigenvalue weighted by Crippen LogP contribution is 2.22. The fourth-order valence-corrected chi connectivity index (χ4v) is 1.59. The van der Waals surface area contributed by atoms with Crippen LogP contribution in [0.3, 0.4) is 0 Å². The first-order valence-electron chi connectivity index (χ1n) is 6.20. The molecule has 0 aliphatic rings. The third kappa shape index (κ3) is 4.51. The Morgan fingerprint density at radius 2 is 2.15 bits per heavy atom. The topological polar surface area (TPSA) is 90.7 Å². The Morgan fingerprint density at radius 1 is 1.45 bits per heavy atom. The number of carbonyl (C=O) groups excluding carboxylic acids is 1. The first-order chi connectivity index (χ1) is 9.47. The van der Waals surface area contributed by atoms with Gasteiger partial charge in [0.1, 0.15) is 11.8 Å². The van der Waals surface area contributed by atoms with Crippen LogP contribution in [0.2, 0.25) is 0 Å². The number of non-ortho nitro benzene ring substituents is 1. The van der Waals surface area contributed by atoms with E-state index >= 15 is 0 Å². The molecule has 0 aromatic heterocycles. The van der Waals surface area contributed by atoms with E-state index in [1.807, 2.05) is 0 Å². The summed E-state index contributed by atoms with van der Waals surface area (Å²) < 4.78 is 9.88. The number of nitrogens with zero attached hydrogens (tertiary/aromatic N) is 1. The van der Waals surface area contributed by atoms with Gasteiger partial charge in [0.05, 0.1) is 24.7 Å². The quantitative estimate of drug-likeness (QED) is 0.464. The molecule has 7 nitrogen and oxygen atoms in total. The number of hydrogen-bond acceptors (Lipinski definition) is 6. The molecule has 0 bridgehead atoms. The number of benzene rings is 1. The van der Waals surface area contributed by atoms with E-state index in [1.54, 1.807) is 19.9 Å². The van der Waals surface area contributed by atoms with E-state index in [0.29, 0.717) is 24.5 Å². The van der Waals surface area contributed by atoms with Gasteiger partial charge < -0.3 is 14.8 Å². The molecule has 0 spiro atoms. The van der Waals surface area contributed by atoms with Crippen LogP contribution in [-0.4, -0.2) is 30.7 Å². The fraction of sp³-hybridized carbons (Fsp3) is 0.462. The Labute approximate surface area is 117 Å². The lowest BCUT2D eigenvalue weighted by molar-refractivity contribution is -0.385. The van der Waals surface area contributed by atoms with Gasteiger partial charge in [-0.3, -0.25) is 14.9 Å². The lowest BCUT2D eigenvalue weighted by Gasteiger charge is -2.13. The lowest BCUT2D eigenvalue weighted by atomic mass is 10.1. The van der Waals surface area contributed by atoms with Crippen LogP contribution in [0.1, 0.15) is 19.4 Å². The van der Waals surface area contributed by atoms with Crippen molar-refractivity contribution >= 4 is 11.7 Å². The molecule has 0 heterocycles. The van der Waals surface area contributed by atoms with Gasteiger partial charge in [0, 0.05) is 12.6 Å². The molecule has 1 aromatic carbocycles. The molecular weight excluding hydrogens is 264 g/mol. The van der Waals surface area contributed by atoms with Crippen molar-refractivity contribution in [3.8, 4) is 5.75 Å². The number of carbonyl (C=O) groups is 1. The van der Waals surface area contributed by atoms with Gasteiger partial charge in [0.25, 0.3) is 5.69 Å². The molecule has 1 unspecified atom stereocenters. The number of ether oxygens (including phenoxy) is 2. The Bertz CT molecular complexity index is 490. The van der Waals surface area contributed by atoms with E-state index in [9.17, 15) is 14.9 Å². The van der Waals surface area contributed by atoms with E-state index in [1.165, 1.54) is 19.2 Å². The number of methoxy groups -OCH3 is 1. The maximum Gasteiger partial charge on any atom is 0.322 e. The number of hydrogen-bond donors (Lipinski definition) is 1. The van der Waals surface area contributed by atoms with Gasteiger partial charge in [-0.15, -0.1) is 0 Å². The summed E-state index contributed by atoms with van der Waals surface area (Å²) in [5.41, 5.74) is 0.608. The second-order valence-corrected chi connectivity index (χ2v) is 4.15. The Hall–Kier alpha value is -2.15. The third-order valence-electron chi connectivity index (χ3n) is 2.65. The summed E-state index contributed by atoms with van der Waals surface area (Å²) >= 11 is 0. The van der Waals surface area contributed by atoms with Crippen molar-refractivity contribution in [2.75, 3.05) is 13.7 Å². The molecule has 0 saturated carbocycles. The van der Waals surface area contributed by atoms with Crippen molar-refractivity contribution in [3.05, 3.63) is 33.9 Å². The van der Waals surface area contributed by atoms with Gasteiger partial charge in [0.2, 0.25) is 0 Å². The number of nitrogens with one attached hydrogen (secondary N) is 1. The average molecular weight is 282 g/mol. The summed E-state index contributed by atoms with van der Waals surface area (Å²) in [5, 5.41) is 13.8. The molecule has 1 rings (SSSR count). The molecule has 0 amide bonds. The Balaban J connectivity index is 2.74. The molecule has 110 valence electrons. The number of nitro benzene ring substituents is 1. The summed E-state index contributed by atoms with van der Waals surface area (Å²) in [5.74, 6) is 0.0460. The average Bonchev–Trinajstić information content (AvgIpc) is 2.44. The molecule has 20 heavy (non-hydrogen) atoms. The predicted molar refractivity (Wildman–Crippen MR) is 72.6 cm³/mol. The molecule has 1 aromatic rings. The van der Waals surface area contributed by atoms with Crippen LogP contribution in [0.4, 0.5) is 5.69 Å². The smallest absolute Gasteiger partial charge is 0.322 e. The van der Waals surface area contributed by atoms with Crippen LogP contribution >= 0.6 is 0 Å². The lowest BCUT2D eigenvalue weighted by Crippen LogP contribution is -2.34. The minimum absolute atomic E-state index is 0.0510. The zero-order valence-corrected chi connectivity index (χ0v) is 11.7. The molecule has 1 N–H and O–H groups in total. The maximum absolute atomic E-state index is 11.4. The summed E-state index contributed by atoms with van der Waals surface area (Å²) in [6.45, 7) is 4.02. The van der Waals surface area contributed by atoms with Crippen molar-refractivity contribution in [2.24, 2.45) is 0 Å². The van der Waals surface area contributed by atoms with Crippen molar-refractivity contribution in [1.29, 1.82) is 0 Å². The first-order valence-corrected chi connectivity index (χ1v) is 6.20. The van der Waals surface area contributed by atoms with Crippen LogP contribution < -0.4 is 10.1 Å². The monoisotopic (exact) mass is 282 g/mol. The summed E-state index contributed by atoms with van der Waals surface area (Å²) in [6.07, 6.45) is 0. The van der Waals surface area contributed by atoms with E-state index in [2.05, 4.69) is 5.32 Å². The maximum atomic E-state index is 11.4. The van der Waals surface area contributed by atoms with Gasteiger partial charge in [-0.2, -0.15) is 0 Å². The second kappa shape index (κ2) is 7.44. The van der Waals surface area contributed by atoms with E-state index in [0.717, 1.165) is 0 Å². The number of nitro groups is 1. The molecule has 0 radical (unpaired) electrons. The Kier molecular flexibility index (Phi) is 5.92. The molecule has 0 saturated heterocycles. The molecule has 0 fully saturated rings. The fourth-order valence-electron chi connectivity index (χ4n) is 1.59. The van der Waals surface area contributed by atoms with Crippen molar-refractivity contribution in [1.82, 2.24) is 5.32 Å². The highest BCUT2D eigenvalue weighted by Gasteiger charge is 2.15. The van der Waals surface area contributed by atoms with Crippen molar-refractivity contribution in [2.45, 2.75) is 26.4 Å². The van der Waals surface area contributed by atoms with Crippen LogP contribution in [0.15, 0.2) is 18.2 Å². The normalized spacial score (nSPS) is 11.8. The summed E-state index contributed by atoms with van der Waals surface area (Å²) in [6, 6.07) is 3.98. The Morgan fingerprint density at radius 3 is 2.70 bits per heavy atom. The van der Waals surface area contributed by atoms with E-state index < -0.39 is 11.0 Å². The van der Waals surface area contributed by atoms with Crippen molar-refractivity contribution in [3.63, 3.8) is 0 Å². The number of rotatable bonds is 7.